The number of Topliss-reactive ketones (excluding diaryl/α,β-unsaturated/α-hetero) is 2. The first-order valence-electron chi connectivity index (χ1n) is 16.2. The van der Waals surface area contributed by atoms with Crippen LogP contribution in [0, 0.1) is 40.3 Å². The molecule has 12 heteroatoms. The van der Waals surface area contributed by atoms with E-state index in [1.54, 1.807) is 34.6 Å². The predicted octanol–water partition coefficient (Wildman–Crippen LogP) is 2.96. The molecule has 2 unspecified atom stereocenters. The van der Waals surface area contributed by atoms with Crippen molar-refractivity contribution in [3.8, 4) is 0 Å². The number of likely N-dealkylation sites (tertiary alicyclic amines) is 1. The number of benzene rings is 1. The number of piperidine rings is 1. The molecule has 0 bridgehead atoms. The highest BCUT2D eigenvalue weighted by Gasteiger charge is 2.71. The van der Waals surface area contributed by atoms with Crippen LogP contribution in [0.4, 0.5) is 9.18 Å². The first-order valence-corrected chi connectivity index (χ1v) is 16.2. The lowest BCUT2D eigenvalue weighted by molar-refractivity contribution is -0.145. The van der Waals surface area contributed by atoms with Gasteiger partial charge in [0.15, 0.2) is 5.78 Å². The molecule has 1 aromatic carbocycles. The minimum Gasteiger partial charge on any atom is -0.363 e. The Morgan fingerprint density at radius 2 is 1.63 bits per heavy atom. The zero-order valence-corrected chi connectivity index (χ0v) is 27.8. The smallest absolute Gasteiger partial charge is 0.316 e. The fourth-order valence-corrected chi connectivity index (χ4v) is 6.96. The minimum atomic E-state index is -1.12. The van der Waals surface area contributed by atoms with Crippen molar-refractivity contribution >= 4 is 35.3 Å². The van der Waals surface area contributed by atoms with Gasteiger partial charge in [-0.1, -0.05) is 67.7 Å². The summed E-state index contributed by atoms with van der Waals surface area (Å²) in [5, 5.41) is 8.23. The van der Waals surface area contributed by atoms with Crippen LogP contribution in [0.15, 0.2) is 24.3 Å². The number of fused-ring (bicyclic) bond motifs is 1. The van der Waals surface area contributed by atoms with E-state index in [4.69, 9.17) is 5.73 Å². The third-order valence-electron chi connectivity index (χ3n) is 10.2. The average molecular weight is 642 g/mol. The molecule has 46 heavy (non-hydrogen) atoms. The largest absolute Gasteiger partial charge is 0.363 e. The average Bonchev–Trinajstić information content (AvgIpc) is 3.85. The first kappa shape index (κ1) is 35.0. The molecule has 2 saturated carbocycles. The van der Waals surface area contributed by atoms with Gasteiger partial charge in [0.25, 0.3) is 5.91 Å². The molecule has 1 saturated heterocycles. The third-order valence-corrected chi connectivity index (χ3v) is 10.2. The van der Waals surface area contributed by atoms with Crippen LogP contribution in [0.5, 0.6) is 0 Å². The van der Waals surface area contributed by atoms with Gasteiger partial charge in [-0.25, -0.2) is 9.18 Å². The summed E-state index contributed by atoms with van der Waals surface area (Å²) in [7, 11) is 0. The number of carbonyl (C=O) groups is 6. The normalized spacial score (nSPS) is 25.6. The molecule has 2 aliphatic carbocycles. The van der Waals surface area contributed by atoms with Crippen LogP contribution >= 0.6 is 0 Å². The molecule has 1 heterocycles. The summed E-state index contributed by atoms with van der Waals surface area (Å²) in [4.78, 5) is 80.7. The Hall–Kier alpha value is -3.83. The van der Waals surface area contributed by atoms with E-state index >= 15 is 0 Å². The number of nitrogens with two attached hydrogens (primary N) is 1. The standard InChI is InChI=1S/C34H48FN5O6/c1-8-34(7)21-16-40(25(23(21)34)30(44)37-22(15-18-9-10-18)27(42)29(36)43)31(45)28(33(4,5)6)39-32(46)38-24(17(2)3)26(41)19-11-13-20(35)14-12-19/h11-14,17-18,21-25,28H,8-10,15-16H2,1-7H3,(H2,36,43)(H,37,44)(H2,38,39,46)/t21-,22?,23-,24-,25-,28+,34?/m0/s1. The van der Waals surface area contributed by atoms with Crippen molar-refractivity contribution in [3.63, 3.8) is 0 Å². The number of ketones is 2. The van der Waals surface area contributed by atoms with Gasteiger partial charge in [-0.05, 0) is 65.2 Å². The molecule has 3 aliphatic rings. The van der Waals surface area contributed by atoms with E-state index < -0.39 is 70.7 Å². The monoisotopic (exact) mass is 641 g/mol. The molecule has 0 spiro atoms. The third kappa shape index (κ3) is 7.25. The molecule has 0 radical (unpaired) electrons. The Balaban J connectivity index is 1.54. The lowest BCUT2D eigenvalue weighted by Crippen LogP contribution is -2.62. The van der Waals surface area contributed by atoms with Gasteiger partial charge in [0.2, 0.25) is 17.6 Å². The van der Waals surface area contributed by atoms with Crippen LogP contribution in [0.3, 0.4) is 0 Å². The van der Waals surface area contributed by atoms with Gasteiger partial charge in [0.1, 0.15) is 17.9 Å². The Kier molecular flexibility index (Phi) is 9.99. The lowest BCUT2D eigenvalue weighted by Gasteiger charge is -2.38. The van der Waals surface area contributed by atoms with E-state index in [1.807, 2.05) is 6.92 Å². The van der Waals surface area contributed by atoms with Gasteiger partial charge in [-0.2, -0.15) is 0 Å². The summed E-state index contributed by atoms with van der Waals surface area (Å²) in [5.74, 6) is -4.02. The zero-order valence-electron chi connectivity index (χ0n) is 27.8. The second kappa shape index (κ2) is 13.1. The number of hydrogen-bond acceptors (Lipinski definition) is 6. The molecule has 3 fully saturated rings. The molecule has 1 aliphatic heterocycles. The van der Waals surface area contributed by atoms with Crippen LogP contribution in [0.1, 0.15) is 84.5 Å². The zero-order chi connectivity index (χ0) is 34.3. The van der Waals surface area contributed by atoms with Gasteiger partial charge in [-0.15, -0.1) is 0 Å². The number of rotatable bonds is 13. The first-order chi connectivity index (χ1) is 21.4. The molecule has 252 valence electrons. The highest BCUT2D eigenvalue weighted by molar-refractivity contribution is 6.37. The Morgan fingerprint density at radius 3 is 2.13 bits per heavy atom. The Labute approximate surface area is 270 Å². The highest BCUT2D eigenvalue weighted by Crippen LogP contribution is 2.67. The molecular weight excluding hydrogens is 593 g/mol. The summed E-state index contributed by atoms with van der Waals surface area (Å²) in [6.45, 7) is 13.3. The summed E-state index contributed by atoms with van der Waals surface area (Å²) < 4.78 is 13.4. The molecule has 11 nitrogen and oxygen atoms in total. The number of urea groups is 1. The van der Waals surface area contributed by atoms with Crippen molar-refractivity contribution in [2.45, 2.75) is 98.3 Å². The summed E-state index contributed by atoms with van der Waals surface area (Å²) in [6, 6.07) is 0.343. The van der Waals surface area contributed by atoms with E-state index in [9.17, 15) is 33.2 Å². The van der Waals surface area contributed by atoms with Gasteiger partial charge in [0, 0.05) is 12.1 Å². The topological polar surface area (TPSA) is 168 Å². The van der Waals surface area contributed by atoms with Crippen molar-refractivity contribution < 1.29 is 33.2 Å². The van der Waals surface area contributed by atoms with E-state index in [2.05, 4.69) is 22.9 Å². The number of halogens is 1. The van der Waals surface area contributed by atoms with E-state index in [-0.39, 0.29) is 34.7 Å². The molecule has 7 atom stereocenters. The fourth-order valence-electron chi connectivity index (χ4n) is 6.96. The second-order valence-corrected chi connectivity index (χ2v) is 14.9. The van der Waals surface area contributed by atoms with Gasteiger partial charge < -0.3 is 26.6 Å². The molecule has 5 amide bonds. The van der Waals surface area contributed by atoms with Crippen LogP contribution < -0.4 is 21.7 Å². The molecule has 0 aromatic heterocycles. The van der Waals surface area contributed by atoms with Gasteiger partial charge in [-0.3, -0.25) is 24.0 Å². The quantitative estimate of drug-likeness (QED) is 0.191. The van der Waals surface area contributed by atoms with E-state index in [0.29, 0.717) is 13.0 Å². The Bertz CT molecular complexity index is 1390. The second-order valence-electron chi connectivity index (χ2n) is 14.9. The molecule has 4 rings (SSSR count). The predicted molar refractivity (Wildman–Crippen MR) is 169 cm³/mol. The van der Waals surface area contributed by atoms with E-state index in [1.165, 1.54) is 29.2 Å². The van der Waals surface area contributed by atoms with E-state index in [0.717, 1.165) is 19.3 Å². The maximum absolute atomic E-state index is 14.3. The summed E-state index contributed by atoms with van der Waals surface area (Å²) >= 11 is 0. The van der Waals surface area contributed by atoms with Crippen molar-refractivity contribution in [1.29, 1.82) is 0 Å². The number of carbonyl (C=O) groups excluding carboxylic acids is 6. The molecule has 5 N–H and O–H groups in total. The number of nitrogens with zero attached hydrogens (tertiary/aromatic N) is 1. The number of amides is 5. The van der Waals surface area contributed by atoms with Crippen LogP contribution in [-0.4, -0.2) is 70.9 Å². The molecule has 1 aromatic rings. The maximum Gasteiger partial charge on any atom is 0.316 e. The lowest BCUT2D eigenvalue weighted by atomic mass is 9.85. The maximum atomic E-state index is 14.3. The van der Waals surface area contributed by atoms with Gasteiger partial charge >= 0.3 is 6.03 Å². The number of primary amides is 1. The number of nitrogens with one attached hydrogen (secondary N) is 3. The van der Waals surface area contributed by atoms with Crippen molar-refractivity contribution in [1.82, 2.24) is 20.9 Å². The van der Waals surface area contributed by atoms with Crippen LogP contribution in [0.2, 0.25) is 0 Å². The minimum absolute atomic E-state index is 0.0546. The Morgan fingerprint density at radius 1 is 1.02 bits per heavy atom. The highest BCUT2D eigenvalue weighted by atomic mass is 19.1. The number of hydrogen-bond donors (Lipinski definition) is 4. The summed E-state index contributed by atoms with van der Waals surface area (Å²) in [6.07, 6.45) is 2.91. The SMILES string of the molecule is CCC1(C)[C@@H]2[C@@H](C(=O)NC(CC3CC3)C(=O)C(N)=O)N(C(=O)[C@@H](NC(=O)N[C@H](C(=O)c3ccc(F)cc3)C(C)C)C(C)(C)C)C[C@@H]21. The fraction of sp³-hybridized carbons (Fsp3) is 0.647. The molecular formula is C34H48FN5O6. The van der Waals surface area contributed by atoms with Gasteiger partial charge in [0.05, 0.1) is 12.1 Å². The summed E-state index contributed by atoms with van der Waals surface area (Å²) in [5.41, 5.74) is 4.57. The van der Waals surface area contributed by atoms with Crippen LogP contribution in [-0.2, 0) is 19.2 Å². The van der Waals surface area contributed by atoms with Crippen molar-refractivity contribution in [3.05, 3.63) is 35.6 Å². The van der Waals surface area contributed by atoms with Crippen molar-refractivity contribution in [2.24, 2.45) is 40.2 Å². The van der Waals surface area contributed by atoms with Crippen molar-refractivity contribution in [2.75, 3.05) is 6.54 Å². The van der Waals surface area contributed by atoms with Crippen LogP contribution in [0.25, 0.3) is 0 Å².